The van der Waals surface area contributed by atoms with Crippen LogP contribution in [0, 0.1) is 11.8 Å². The number of unbranched alkanes of at least 4 members (excludes halogenated alkanes) is 1. The Labute approximate surface area is 192 Å². The maximum atomic E-state index is 12.6. The summed E-state index contributed by atoms with van der Waals surface area (Å²) in [7, 11) is 0. The fourth-order valence-electron chi connectivity index (χ4n) is 5.51. The van der Waals surface area contributed by atoms with Crippen LogP contribution in [0.5, 0.6) is 0 Å². The molecule has 1 aliphatic carbocycles. The summed E-state index contributed by atoms with van der Waals surface area (Å²) in [5.74, 6) is -1.24. The minimum atomic E-state index is -0.904. The highest BCUT2D eigenvalue weighted by Crippen LogP contribution is 2.38. The van der Waals surface area contributed by atoms with Crippen LogP contribution in [0.25, 0.3) is 10.1 Å². The molecular weight excluding hydrogens is 426 g/mol. The highest BCUT2D eigenvalue weighted by Gasteiger charge is 2.51. The standard InChI is InChI=1S/C24H31N3O4S/c28-20-14-17-18(15-21(20)29)24(31)27(23(17)30)8-2-1-7-25-9-11-26(12-10-25)19-4-3-5-22-16(19)6-13-32-22/h3-6,13,17-18,20-21,28-29H,1-2,7-12,14-15H2. The van der Waals surface area contributed by atoms with E-state index >= 15 is 0 Å². The number of imide groups is 1. The van der Waals surface area contributed by atoms with E-state index in [1.165, 1.54) is 20.7 Å². The fraction of sp³-hybridized carbons (Fsp3) is 0.583. The lowest BCUT2D eigenvalue weighted by Gasteiger charge is -2.36. The summed E-state index contributed by atoms with van der Waals surface area (Å²) in [5, 5.41) is 23.2. The normalized spacial score (nSPS) is 29.2. The number of fused-ring (bicyclic) bond motifs is 2. The number of anilines is 1. The predicted octanol–water partition coefficient (Wildman–Crippen LogP) is 1.92. The molecule has 2 aliphatic heterocycles. The lowest BCUT2D eigenvalue weighted by Crippen LogP contribution is -2.46. The van der Waals surface area contributed by atoms with Gasteiger partial charge in [-0.15, -0.1) is 11.3 Å². The molecule has 1 aromatic carbocycles. The molecule has 4 unspecified atom stereocenters. The molecule has 172 valence electrons. The number of benzene rings is 1. The van der Waals surface area contributed by atoms with Crippen molar-refractivity contribution < 1.29 is 19.8 Å². The van der Waals surface area contributed by atoms with E-state index in [1.807, 2.05) is 0 Å². The van der Waals surface area contributed by atoms with Crippen LogP contribution in [-0.2, 0) is 9.59 Å². The number of likely N-dealkylation sites (tertiary alicyclic amines) is 1. The van der Waals surface area contributed by atoms with Gasteiger partial charge in [0, 0.05) is 48.5 Å². The molecule has 2 aromatic rings. The number of rotatable bonds is 6. The van der Waals surface area contributed by atoms with Gasteiger partial charge in [0.1, 0.15) is 0 Å². The predicted molar refractivity (Wildman–Crippen MR) is 125 cm³/mol. The first-order chi connectivity index (χ1) is 15.5. The average molecular weight is 458 g/mol. The van der Waals surface area contributed by atoms with Gasteiger partial charge >= 0.3 is 0 Å². The largest absolute Gasteiger partial charge is 0.390 e. The third-order valence-electron chi connectivity index (χ3n) is 7.38. The molecule has 32 heavy (non-hydrogen) atoms. The van der Waals surface area contributed by atoms with Gasteiger partial charge in [0.2, 0.25) is 11.8 Å². The van der Waals surface area contributed by atoms with Crippen LogP contribution >= 0.6 is 11.3 Å². The number of hydrogen-bond acceptors (Lipinski definition) is 7. The Morgan fingerprint density at radius 3 is 2.22 bits per heavy atom. The number of hydrogen-bond donors (Lipinski definition) is 2. The highest BCUT2D eigenvalue weighted by atomic mass is 32.1. The van der Waals surface area contributed by atoms with Gasteiger partial charge in [0.05, 0.1) is 24.0 Å². The molecule has 2 N–H and O–H groups in total. The van der Waals surface area contributed by atoms with E-state index in [0.717, 1.165) is 45.6 Å². The number of carbonyl (C=O) groups excluding carboxylic acids is 2. The molecule has 8 heteroatoms. The van der Waals surface area contributed by atoms with Crippen LogP contribution in [0.2, 0.25) is 0 Å². The fourth-order valence-corrected chi connectivity index (χ4v) is 6.32. The molecule has 1 aromatic heterocycles. The van der Waals surface area contributed by atoms with Crippen molar-refractivity contribution in [3.63, 3.8) is 0 Å². The summed E-state index contributed by atoms with van der Waals surface area (Å²) in [6, 6.07) is 8.73. The van der Waals surface area contributed by atoms with E-state index in [1.54, 1.807) is 11.3 Å². The topological polar surface area (TPSA) is 84.3 Å². The van der Waals surface area contributed by atoms with Crippen molar-refractivity contribution in [2.24, 2.45) is 11.8 Å². The molecule has 3 aliphatic rings. The molecule has 0 spiro atoms. The van der Waals surface area contributed by atoms with Gasteiger partial charge in [0.15, 0.2) is 0 Å². The minimum Gasteiger partial charge on any atom is -0.390 e. The summed E-state index contributed by atoms with van der Waals surface area (Å²) in [6.07, 6.45) is 0.303. The Morgan fingerprint density at radius 2 is 1.53 bits per heavy atom. The van der Waals surface area contributed by atoms with Crippen molar-refractivity contribution in [1.82, 2.24) is 9.80 Å². The van der Waals surface area contributed by atoms with Gasteiger partial charge < -0.3 is 15.1 Å². The van der Waals surface area contributed by atoms with E-state index in [0.29, 0.717) is 6.54 Å². The summed E-state index contributed by atoms with van der Waals surface area (Å²) >= 11 is 1.78. The Kier molecular flexibility index (Phi) is 6.20. The highest BCUT2D eigenvalue weighted by molar-refractivity contribution is 7.17. The number of aliphatic hydroxyl groups is 2. The van der Waals surface area contributed by atoms with Gasteiger partial charge in [-0.3, -0.25) is 19.4 Å². The van der Waals surface area contributed by atoms with Gasteiger partial charge in [-0.25, -0.2) is 0 Å². The zero-order chi connectivity index (χ0) is 22.2. The summed E-state index contributed by atoms with van der Waals surface area (Å²) in [5.41, 5.74) is 1.33. The number of thiophene rings is 1. The number of aliphatic hydroxyl groups excluding tert-OH is 2. The van der Waals surface area contributed by atoms with Crippen LogP contribution in [-0.4, -0.2) is 83.3 Å². The zero-order valence-corrected chi connectivity index (χ0v) is 19.0. The zero-order valence-electron chi connectivity index (χ0n) is 18.2. The quantitative estimate of drug-likeness (QED) is 0.509. The van der Waals surface area contributed by atoms with E-state index in [4.69, 9.17) is 0 Å². The Balaban J connectivity index is 1.07. The van der Waals surface area contributed by atoms with Gasteiger partial charge in [-0.05, 0) is 55.8 Å². The van der Waals surface area contributed by atoms with Crippen molar-refractivity contribution in [3.8, 4) is 0 Å². The van der Waals surface area contributed by atoms with Crippen LogP contribution in [0.4, 0.5) is 5.69 Å². The number of amides is 2. The lowest BCUT2D eigenvalue weighted by atomic mass is 9.78. The second kappa shape index (κ2) is 9.09. The van der Waals surface area contributed by atoms with Crippen molar-refractivity contribution in [2.45, 2.75) is 37.9 Å². The van der Waals surface area contributed by atoms with Crippen molar-refractivity contribution >= 4 is 38.9 Å². The molecule has 7 nitrogen and oxygen atoms in total. The first kappa shape index (κ1) is 21.8. The first-order valence-corrected chi connectivity index (χ1v) is 12.6. The monoisotopic (exact) mass is 457 g/mol. The van der Waals surface area contributed by atoms with E-state index < -0.39 is 24.0 Å². The second-order valence-corrected chi connectivity index (χ2v) is 10.2. The molecule has 0 bridgehead atoms. The molecular formula is C24H31N3O4S. The Hall–Kier alpha value is -2.00. The minimum absolute atomic E-state index is 0.165. The molecule has 5 rings (SSSR count). The summed E-state index contributed by atoms with van der Waals surface area (Å²) in [4.78, 5) is 31.6. The van der Waals surface area contributed by atoms with Crippen molar-refractivity contribution in [1.29, 1.82) is 0 Å². The second-order valence-electron chi connectivity index (χ2n) is 9.29. The van der Waals surface area contributed by atoms with E-state index in [-0.39, 0.29) is 24.7 Å². The summed E-state index contributed by atoms with van der Waals surface area (Å²) in [6.45, 7) is 5.45. The molecule has 1 saturated carbocycles. The molecule has 0 radical (unpaired) electrons. The number of carbonyl (C=O) groups is 2. The molecule has 3 heterocycles. The number of nitrogens with zero attached hydrogens (tertiary/aromatic N) is 3. The lowest BCUT2D eigenvalue weighted by molar-refractivity contribution is -0.140. The van der Waals surface area contributed by atoms with Gasteiger partial charge in [0.25, 0.3) is 0 Å². The van der Waals surface area contributed by atoms with Crippen molar-refractivity contribution in [2.75, 3.05) is 44.2 Å². The Morgan fingerprint density at radius 1 is 0.875 bits per heavy atom. The Bertz CT molecular complexity index is 959. The third-order valence-corrected chi connectivity index (χ3v) is 8.26. The van der Waals surface area contributed by atoms with E-state index in [2.05, 4.69) is 39.4 Å². The van der Waals surface area contributed by atoms with E-state index in [9.17, 15) is 19.8 Å². The SMILES string of the molecule is O=C1C2CC(O)C(O)CC2C(=O)N1CCCCN1CCN(c2cccc3sccc23)CC1. The van der Waals surface area contributed by atoms with Crippen LogP contribution in [0.3, 0.4) is 0 Å². The van der Waals surface area contributed by atoms with Crippen LogP contribution < -0.4 is 4.90 Å². The maximum absolute atomic E-state index is 12.6. The third kappa shape index (κ3) is 4.05. The molecule has 4 atom stereocenters. The summed E-state index contributed by atoms with van der Waals surface area (Å²) < 4.78 is 1.33. The van der Waals surface area contributed by atoms with Crippen molar-refractivity contribution in [3.05, 3.63) is 29.6 Å². The molecule has 2 amide bonds. The van der Waals surface area contributed by atoms with Crippen LogP contribution in [0.15, 0.2) is 29.6 Å². The molecule has 3 fully saturated rings. The maximum Gasteiger partial charge on any atom is 0.233 e. The smallest absolute Gasteiger partial charge is 0.233 e. The van der Waals surface area contributed by atoms with Gasteiger partial charge in [-0.1, -0.05) is 6.07 Å². The van der Waals surface area contributed by atoms with Gasteiger partial charge in [-0.2, -0.15) is 0 Å². The average Bonchev–Trinajstić information content (AvgIpc) is 3.37. The first-order valence-electron chi connectivity index (χ1n) is 11.7. The molecule has 2 saturated heterocycles. The number of piperazine rings is 1. The van der Waals surface area contributed by atoms with Crippen LogP contribution in [0.1, 0.15) is 25.7 Å².